The Bertz CT molecular complexity index is 961. The Labute approximate surface area is 175 Å². The largest absolute Gasteiger partial charge is 0.391 e. The minimum atomic E-state index is -1.06. The molecule has 0 saturated heterocycles. The van der Waals surface area contributed by atoms with Crippen molar-refractivity contribution in [2.24, 2.45) is 0 Å². The molecule has 4 N–H and O–H groups in total. The van der Waals surface area contributed by atoms with E-state index >= 15 is 0 Å². The average molecular weight is 489 g/mol. The molecule has 9 heteroatoms. The van der Waals surface area contributed by atoms with Crippen LogP contribution in [-0.2, 0) is 4.79 Å². The van der Waals surface area contributed by atoms with Gasteiger partial charge in [0.2, 0.25) is 0 Å². The van der Waals surface area contributed by atoms with E-state index in [-0.39, 0.29) is 5.56 Å². The second-order valence-corrected chi connectivity index (χ2v) is 6.96. The lowest BCUT2D eigenvalue weighted by Gasteiger charge is -2.22. The number of nitrogens with one attached hydrogen (secondary N) is 3. The molecule has 0 aromatic heterocycles. The third-order valence-corrected chi connectivity index (χ3v) is 4.64. The lowest BCUT2D eigenvalue weighted by atomic mass is 10.1. The molecule has 0 aliphatic carbocycles. The first-order valence-corrected chi connectivity index (χ1v) is 9.18. The van der Waals surface area contributed by atoms with Crippen molar-refractivity contribution in [3.8, 4) is 12.1 Å². The van der Waals surface area contributed by atoms with Crippen molar-refractivity contribution >= 4 is 40.1 Å². The van der Waals surface area contributed by atoms with Gasteiger partial charge < -0.3 is 10.4 Å². The summed E-state index contributed by atoms with van der Waals surface area (Å²) < 4.78 is 0.698. The number of anilines is 1. The molecule has 8 nitrogen and oxygen atoms in total. The first-order chi connectivity index (χ1) is 13.3. The molecule has 0 aliphatic rings. The lowest BCUT2D eigenvalue weighted by molar-refractivity contribution is -0.124. The van der Waals surface area contributed by atoms with Gasteiger partial charge in [0, 0.05) is 14.8 Å². The maximum absolute atomic E-state index is 12.4. The van der Waals surface area contributed by atoms with Gasteiger partial charge in [0.05, 0.1) is 23.3 Å². The zero-order valence-electron chi connectivity index (χ0n) is 14.7. The molecule has 142 valence electrons. The molecule has 2 aromatic rings. The van der Waals surface area contributed by atoms with Gasteiger partial charge in [-0.25, -0.2) is 0 Å². The van der Waals surface area contributed by atoms with E-state index < -0.39 is 24.0 Å². The van der Waals surface area contributed by atoms with Crippen LogP contribution in [0.15, 0.2) is 42.5 Å². The zero-order valence-corrected chi connectivity index (χ0v) is 16.9. The summed E-state index contributed by atoms with van der Waals surface area (Å²) in [5, 5.41) is 30.6. The Morgan fingerprint density at radius 1 is 1.07 bits per heavy atom. The number of carbonyl (C=O) groups is 2. The van der Waals surface area contributed by atoms with Crippen molar-refractivity contribution in [1.82, 2.24) is 10.9 Å². The second-order valence-electron chi connectivity index (χ2n) is 5.80. The summed E-state index contributed by atoms with van der Waals surface area (Å²) in [5.74, 6) is -1.20. The van der Waals surface area contributed by atoms with Crippen molar-refractivity contribution in [2.75, 3.05) is 5.32 Å². The van der Waals surface area contributed by atoms with Crippen LogP contribution in [0.2, 0.25) is 0 Å². The number of hydrogen-bond acceptors (Lipinski definition) is 6. The Morgan fingerprint density at radius 3 is 2.29 bits per heavy atom. The fourth-order valence-corrected chi connectivity index (χ4v) is 2.88. The van der Waals surface area contributed by atoms with Crippen LogP contribution in [0.5, 0.6) is 0 Å². The third kappa shape index (κ3) is 5.42. The van der Waals surface area contributed by atoms with Gasteiger partial charge in [0.25, 0.3) is 11.8 Å². The minimum absolute atomic E-state index is 0.266. The van der Waals surface area contributed by atoms with E-state index in [0.29, 0.717) is 20.4 Å². The molecule has 2 atom stereocenters. The summed E-state index contributed by atoms with van der Waals surface area (Å²) in [6, 6.07) is 13.8. The van der Waals surface area contributed by atoms with Crippen molar-refractivity contribution in [3.05, 3.63) is 62.7 Å². The number of aliphatic hydroxyl groups excluding tert-OH is 1. The second kappa shape index (κ2) is 9.69. The summed E-state index contributed by atoms with van der Waals surface area (Å²) in [6.07, 6.45) is -1.06. The molecule has 1 unspecified atom stereocenters. The Balaban J connectivity index is 2.02. The summed E-state index contributed by atoms with van der Waals surface area (Å²) in [7, 11) is 0. The highest BCUT2D eigenvalue weighted by Gasteiger charge is 2.24. The molecule has 0 radical (unpaired) electrons. The Kier molecular flexibility index (Phi) is 7.32. The molecule has 0 aliphatic heterocycles. The zero-order chi connectivity index (χ0) is 20.7. The normalized spacial score (nSPS) is 12.0. The predicted octanol–water partition coefficient (Wildman–Crippen LogP) is 1.66. The van der Waals surface area contributed by atoms with Crippen molar-refractivity contribution in [1.29, 1.82) is 10.5 Å². The highest BCUT2D eigenvalue weighted by molar-refractivity contribution is 14.1. The van der Waals surface area contributed by atoms with Crippen LogP contribution in [0.25, 0.3) is 0 Å². The molecule has 2 amide bonds. The summed E-state index contributed by atoms with van der Waals surface area (Å²) in [5.41, 5.74) is 6.26. The Morgan fingerprint density at radius 2 is 1.75 bits per heavy atom. The number of hydrazine groups is 1. The number of halogens is 1. The fraction of sp³-hybridized carbons (Fsp3) is 0.158. The van der Waals surface area contributed by atoms with Crippen molar-refractivity contribution in [3.63, 3.8) is 0 Å². The van der Waals surface area contributed by atoms with E-state index in [4.69, 9.17) is 10.5 Å². The first-order valence-electron chi connectivity index (χ1n) is 8.10. The van der Waals surface area contributed by atoms with Crippen LogP contribution in [0.3, 0.4) is 0 Å². The van der Waals surface area contributed by atoms with Crippen LogP contribution in [0, 0.1) is 26.2 Å². The number of amides is 2. The molecule has 28 heavy (non-hydrogen) atoms. The number of nitrogens with zero attached hydrogens (tertiary/aromatic N) is 2. The molecule has 0 saturated carbocycles. The van der Waals surface area contributed by atoms with Gasteiger partial charge in [-0.15, -0.1) is 0 Å². The number of benzene rings is 2. The average Bonchev–Trinajstić information content (AvgIpc) is 2.69. The standard InChI is InChI=1S/C19H16IN5O3/c1-11(26)17(23-15-7-6-14(10-22)16(20)8-15)19(28)25-24-18(27)13-4-2-12(9-21)3-5-13/h2-8,11,17,23,26H,1H3,(H,24,27)(H,25,28)/t11-,17?/m0/s1. The fourth-order valence-electron chi connectivity index (χ4n) is 2.24. The van der Waals surface area contributed by atoms with Crippen molar-refractivity contribution < 1.29 is 14.7 Å². The maximum Gasteiger partial charge on any atom is 0.269 e. The predicted molar refractivity (Wildman–Crippen MR) is 110 cm³/mol. The topological polar surface area (TPSA) is 138 Å². The molecule has 2 aromatic carbocycles. The molecule has 0 spiro atoms. The maximum atomic E-state index is 12.4. The molecule has 0 bridgehead atoms. The lowest BCUT2D eigenvalue weighted by Crippen LogP contribution is -2.52. The summed E-state index contributed by atoms with van der Waals surface area (Å²) >= 11 is 2.00. The van der Waals surface area contributed by atoms with E-state index in [2.05, 4.69) is 16.2 Å². The summed E-state index contributed by atoms with van der Waals surface area (Å²) in [4.78, 5) is 24.5. The van der Waals surface area contributed by atoms with E-state index in [1.54, 1.807) is 18.2 Å². The van der Waals surface area contributed by atoms with E-state index in [1.807, 2.05) is 34.7 Å². The first kappa shape index (κ1) is 21.2. The van der Waals surface area contributed by atoms with Gasteiger partial charge in [0.1, 0.15) is 12.1 Å². The SMILES string of the molecule is C[C@H](O)C(Nc1ccc(C#N)c(I)c1)C(=O)NNC(=O)c1ccc(C#N)cc1. The van der Waals surface area contributed by atoms with Crippen LogP contribution >= 0.6 is 22.6 Å². The highest BCUT2D eigenvalue weighted by atomic mass is 127. The third-order valence-electron chi connectivity index (χ3n) is 3.75. The smallest absolute Gasteiger partial charge is 0.269 e. The number of nitriles is 2. The van der Waals surface area contributed by atoms with Crippen LogP contribution in [-0.4, -0.2) is 29.1 Å². The van der Waals surface area contributed by atoms with Gasteiger partial charge in [-0.1, -0.05) is 0 Å². The Hall–Kier alpha value is -3.15. The highest BCUT2D eigenvalue weighted by Crippen LogP contribution is 2.18. The van der Waals surface area contributed by atoms with Gasteiger partial charge in [0.15, 0.2) is 0 Å². The minimum Gasteiger partial charge on any atom is -0.391 e. The molecule has 2 rings (SSSR count). The van der Waals surface area contributed by atoms with E-state index in [0.717, 1.165) is 0 Å². The summed E-state index contributed by atoms with van der Waals surface area (Å²) in [6.45, 7) is 1.44. The number of rotatable bonds is 5. The van der Waals surface area contributed by atoms with Crippen molar-refractivity contribution in [2.45, 2.75) is 19.1 Å². The van der Waals surface area contributed by atoms with Crippen LogP contribution in [0.4, 0.5) is 5.69 Å². The monoisotopic (exact) mass is 489 g/mol. The van der Waals surface area contributed by atoms with Gasteiger partial charge in [-0.05, 0) is 72.0 Å². The molecular weight excluding hydrogens is 473 g/mol. The number of hydrogen-bond donors (Lipinski definition) is 4. The molecule has 0 heterocycles. The van der Waals surface area contributed by atoms with E-state index in [1.165, 1.54) is 31.2 Å². The molecular formula is C19H16IN5O3. The molecule has 0 fully saturated rings. The van der Waals surface area contributed by atoms with E-state index in [9.17, 15) is 14.7 Å². The number of carbonyl (C=O) groups excluding carboxylic acids is 2. The quantitative estimate of drug-likeness (QED) is 0.373. The van der Waals surface area contributed by atoms with Crippen LogP contribution < -0.4 is 16.2 Å². The van der Waals surface area contributed by atoms with Crippen LogP contribution in [0.1, 0.15) is 28.4 Å². The van der Waals surface area contributed by atoms with Gasteiger partial charge in [-0.2, -0.15) is 10.5 Å². The van der Waals surface area contributed by atoms with Gasteiger partial charge >= 0.3 is 0 Å². The van der Waals surface area contributed by atoms with Gasteiger partial charge in [-0.3, -0.25) is 20.4 Å². The number of aliphatic hydroxyl groups is 1.